The second-order valence-corrected chi connectivity index (χ2v) is 10.6. The first-order chi connectivity index (χ1) is 10.4. The van der Waals surface area contributed by atoms with Crippen LogP contribution in [0.1, 0.15) is 34.1 Å². The van der Waals surface area contributed by atoms with Gasteiger partial charge in [0.1, 0.15) is 0 Å². The standard InChI is InChI=1S/C16H25NO5S/c1-14(2)15(3,4)16(14,13(19)20)12(18)17-6-5-10-8-23(21,22)9-11(10)7-17/h10-11H,5-9H2,1-4H3,(H,19,20). The van der Waals surface area contributed by atoms with Crippen molar-refractivity contribution >= 4 is 21.7 Å². The quantitative estimate of drug-likeness (QED) is 0.756. The van der Waals surface area contributed by atoms with Crippen molar-refractivity contribution in [2.24, 2.45) is 28.1 Å². The Bertz CT molecular complexity index is 665. The average molecular weight is 343 g/mol. The zero-order valence-electron chi connectivity index (χ0n) is 14.1. The van der Waals surface area contributed by atoms with Crippen molar-refractivity contribution in [3.63, 3.8) is 0 Å². The van der Waals surface area contributed by atoms with Gasteiger partial charge in [0.05, 0.1) is 11.5 Å². The molecule has 3 aliphatic rings. The number of likely N-dealkylation sites (tertiary alicyclic amines) is 1. The van der Waals surface area contributed by atoms with E-state index in [0.29, 0.717) is 19.5 Å². The van der Waals surface area contributed by atoms with Crippen molar-refractivity contribution in [1.82, 2.24) is 4.90 Å². The highest BCUT2D eigenvalue weighted by Crippen LogP contribution is 2.78. The summed E-state index contributed by atoms with van der Waals surface area (Å²) in [6.45, 7) is 8.12. The van der Waals surface area contributed by atoms with E-state index in [-0.39, 0.29) is 29.2 Å². The van der Waals surface area contributed by atoms with Gasteiger partial charge in [0, 0.05) is 13.1 Å². The van der Waals surface area contributed by atoms with E-state index in [0.717, 1.165) is 0 Å². The first kappa shape index (κ1) is 16.7. The lowest BCUT2D eigenvalue weighted by Crippen LogP contribution is -2.50. The molecule has 0 aromatic rings. The molecule has 23 heavy (non-hydrogen) atoms. The summed E-state index contributed by atoms with van der Waals surface area (Å²) in [6, 6.07) is 0. The number of fused-ring (bicyclic) bond motifs is 1. The second-order valence-electron chi connectivity index (χ2n) is 8.44. The molecule has 0 aromatic heterocycles. The average Bonchev–Trinajstić information content (AvgIpc) is 2.62. The summed E-state index contributed by atoms with van der Waals surface area (Å²) >= 11 is 0. The van der Waals surface area contributed by atoms with Crippen molar-refractivity contribution in [2.75, 3.05) is 24.6 Å². The van der Waals surface area contributed by atoms with Crippen molar-refractivity contribution in [1.29, 1.82) is 0 Å². The van der Waals surface area contributed by atoms with Crippen LogP contribution in [0.4, 0.5) is 0 Å². The van der Waals surface area contributed by atoms with E-state index in [4.69, 9.17) is 0 Å². The van der Waals surface area contributed by atoms with Gasteiger partial charge in [-0.2, -0.15) is 0 Å². The number of piperidine rings is 1. The van der Waals surface area contributed by atoms with Crippen molar-refractivity contribution in [3.05, 3.63) is 0 Å². The van der Waals surface area contributed by atoms with Gasteiger partial charge in [-0.1, -0.05) is 27.7 Å². The number of amides is 1. The fraction of sp³-hybridized carbons (Fsp3) is 0.875. The number of carboxylic acids is 1. The van der Waals surface area contributed by atoms with E-state index in [9.17, 15) is 23.1 Å². The SMILES string of the molecule is CC1(C)C(C)(C)C1(C(=O)O)C(=O)N1CCC2CS(=O)(=O)CC2C1. The number of hydrogen-bond acceptors (Lipinski definition) is 4. The van der Waals surface area contributed by atoms with E-state index in [1.165, 1.54) is 0 Å². The molecule has 0 radical (unpaired) electrons. The van der Waals surface area contributed by atoms with E-state index >= 15 is 0 Å². The van der Waals surface area contributed by atoms with Crippen molar-refractivity contribution in [2.45, 2.75) is 34.1 Å². The number of carbonyl (C=O) groups excluding carboxylic acids is 1. The normalized spacial score (nSPS) is 35.4. The number of hydrogen-bond donors (Lipinski definition) is 1. The molecule has 2 unspecified atom stereocenters. The number of rotatable bonds is 2. The predicted molar refractivity (Wildman–Crippen MR) is 84.5 cm³/mol. The van der Waals surface area contributed by atoms with E-state index in [2.05, 4.69) is 0 Å². The molecule has 3 fully saturated rings. The minimum absolute atomic E-state index is 0.0477. The summed E-state index contributed by atoms with van der Waals surface area (Å²) in [4.78, 5) is 26.7. The fourth-order valence-electron chi connectivity index (χ4n) is 5.10. The van der Waals surface area contributed by atoms with Crippen LogP contribution >= 0.6 is 0 Å². The Morgan fingerprint density at radius 2 is 1.57 bits per heavy atom. The summed E-state index contributed by atoms with van der Waals surface area (Å²) in [5, 5.41) is 9.80. The smallest absolute Gasteiger partial charge is 0.320 e. The number of aliphatic carboxylic acids is 1. The first-order valence-electron chi connectivity index (χ1n) is 8.11. The minimum Gasteiger partial charge on any atom is -0.480 e. The molecule has 6 nitrogen and oxygen atoms in total. The largest absolute Gasteiger partial charge is 0.480 e. The Morgan fingerprint density at radius 1 is 1.04 bits per heavy atom. The fourth-order valence-corrected chi connectivity index (χ4v) is 7.36. The summed E-state index contributed by atoms with van der Waals surface area (Å²) in [5.74, 6) is -1.02. The van der Waals surface area contributed by atoms with Crippen LogP contribution in [0.3, 0.4) is 0 Å². The highest BCUT2D eigenvalue weighted by molar-refractivity contribution is 7.91. The Morgan fingerprint density at radius 3 is 2.04 bits per heavy atom. The van der Waals surface area contributed by atoms with E-state index < -0.39 is 32.1 Å². The van der Waals surface area contributed by atoms with Gasteiger partial charge in [-0.05, 0) is 29.1 Å². The van der Waals surface area contributed by atoms with Crippen LogP contribution in [-0.4, -0.2) is 54.9 Å². The Kier molecular flexibility index (Phi) is 3.27. The maximum absolute atomic E-state index is 13.1. The van der Waals surface area contributed by atoms with Gasteiger partial charge in [0.2, 0.25) is 5.91 Å². The molecule has 2 aliphatic heterocycles. The van der Waals surface area contributed by atoms with Gasteiger partial charge in [-0.15, -0.1) is 0 Å². The van der Waals surface area contributed by atoms with Gasteiger partial charge in [-0.25, -0.2) is 8.42 Å². The third kappa shape index (κ3) is 1.88. The van der Waals surface area contributed by atoms with E-state index in [1.54, 1.807) is 4.90 Å². The Labute approximate surface area is 137 Å². The van der Waals surface area contributed by atoms with Gasteiger partial charge in [0.25, 0.3) is 0 Å². The molecule has 130 valence electrons. The van der Waals surface area contributed by atoms with Gasteiger partial charge in [0.15, 0.2) is 15.3 Å². The van der Waals surface area contributed by atoms with Crippen LogP contribution in [0.15, 0.2) is 0 Å². The summed E-state index contributed by atoms with van der Waals surface area (Å²) in [5.41, 5.74) is -2.66. The molecule has 1 amide bonds. The van der Waals surface area contributed by atoms with Gasteiger partial charge < -0.3 is 10.0 Å². The monoisotopic (exact) mass is 343 g/mol. The molecule has 0 spiro atoms. The van der Waals surface area contributed by atoms with Gasteiger partial charge >= 0.3 is 5.97 Å². The van der Waals surface area contributed by atoms with Crippen molar-refractivity contribution < 1.29 is 23.1 Å². The molecule has 3 rings (SSSR count). The van der Waals surface area contributed by atoms with E-state index in [1.807, 2.05) is 27.7 Å². The maximum atomic E-state index is 13.1. The Balaban J connectivity index is 1.86. The van der Waals surface area contributed by atoms with Gasteiger partial charge in [-0.3, -0.25) is 9.59 Å². The molecule has 2 saturated heterocycles. The minimum atomic E-state index is -3.01. The molecule has 2 heterocycles. The molecular formula is C16H25NO5S. The third-order valence-corrected chi connectivity index (χ3v) is 9.00. The lowest BCUT2D eigenvalue weighted by atomic mass is 9.86. The summed E-state index contributed by atoms with van der Waals surface area (Å²) in [7, 11) is -3.01. The highest BCUT2D eigenvalue weighted by Gasteiger charge is 2.86. The van der Waals surface area contributed by atoms with Crippen LogP contribution < -0.4 is 0 Å². The maximum Gasteiger partial charge on any atom is 0.320 e. The van der Waals surface area contributed by atoms with Crippen LogP contribution in [-0.2, 0) is 19.4 Å². The molecule has 2 atom stereocenters. The second kappa shape index (κ2) is 4.49. The molecular weight excluding hydrogens is 318 g/mol. The van der Waals surface area contributed by atoms with Crippen LogP contribution in [0, 0.1) is 28.1 Å². The molecule has 0 aromatic carbocycles. The molecule has 1 aliphatic carbocycles. The van der Waals surface area contributed by atoms with Crippen LogP contribution in [0.5, 0.6) is 0 Å². The lowest BCUT2D eigenvalue weighted by Gasteiger charge is -2.36. The predicted octanol–water partition coefficient (Wildman–Crippen LogP) is 1.02. The first-order valence-corrected chi connectivity index (χ1v) is 9.94. The summed E-state index contributed by atoms with van der Waals surface area (Å²) < 4.78 is 23.6. The number of nitrogens with zero attached hydrogens (tertiary/aromatic N) is 1. The lowest BCUT2D eigenvalue weighted by molar-refractivity contribution is -0.157. The molecule has 1 N–H and O–H groups in total. The Hall–Kier alpha value is -1.11. The molecule has 1 saturated carbocycles. The number of carboxylic acid groups (broad SMARTS) is 1. The highest BCUT2D eigenvalue weighted by atomic mass is 32.2. The van der Waals surface area contributed by atoms with Crippen LogP contribution in [0.2, 0.25) is 0 Å². The molecule has 0 bridgehead atoms. The number of sulfone groups is 1. The zero-order valence-corrected chi connectivity index (χ0v) is 14.9. The van der Waals surface area contributed by atoms with Crippen molar-refractivity contribution in [3.8, 4) is 0 Å². The van der Waals surface area contributed by atoms with Crippen LogP contribution in [0.25, 0.3) is 0 Å². The summed E-state index contributed by atoms with van der Waals surface area (Å²) in [6.07, 6.45) is 0.645. The zero-order chi connectivity index (χ0) is 17.4. The third-order valence-electron chi connectivity index (χ3n) is 7.13. The topological polar surface area (TPSA) is 91.8 Å². The number of carbonyl (C=O) groups is 2. The molecule has 7 heteroatoms.